The van der Waals surface area contributed by atoms with E-state index < -0.39 is 40.9 Å². The summed E-state index contributed by atoms with van der Waals surface area (Å²) in [5, 5.41) is 11.3. The van der Waals surface area contributed by atoms with Crippen LogP contribution in [0.5, 0.6) is 0 Å². The number of hydrogen-bond acceptors (Lipinski definition) is 12. The Morgan fingerprint density at radius 2 is 1.44 bits per heavy atom. The van der Waals surface area contributed by atoms with E-state index in [1.54, 1.807) is 0 Å². The van der Waals surface area contributed by atoms with Gasteiger partial charge in [-0.05, 0) is 13.1 Å². The van der Waals surface area contributed by atoms with Gasteiger partial charge in [0.1, 0.15) is 4.90 Å². The smallest absolute Gasteiger partial charge is 0.270 e. The number of nitrogens with zero attached hydrogens (tertiary/aromatic N) is 4. The van der Waals surface area contributed by atoms with Gasteiger partial charge in [0.15, 0.2) is 0 Å². The predicted octanol–water partition coefficient (Wildman–Crippen LogP) is -0.710. The van der Waals surface area contributed by atoms with Crippen molar-refractivity contribution >= 4 is 41.6 Å². The molecule has 0 N–H and O–H groups in total. The van der Waals surface area contributed by atoms with Crippen molar-refractivity contribution in [2.45, 2.75) is 4.90 Å². The van der Waals surface area contributed by atoms with Gasteiger partial charge in [-0.3, -0.25) is 18.5 Å². The fraction of sp³-hybridized carbons (Fsp3) is 0.647. The monoisotopic (exact) mass is 544 g/mol. The first-order valence-electron chi connectivity index (χ1n) is 10.0. The first-order valence-corrected chi connectivity index (χ1v) is 15.1. The van der Waals surface area contributed by atoms with Crippen molar-refractivity contribution in [3.8, 4) is 0 Å². The molecule has 0 radical (unpaired) electrons. The highest BCUT2D eigenvalue weighted by atomic mass is 32.2. The highest BCUT2D eigenvalue weighted by Gasteiger charge is 2.32. The lowest BCUT2D eigenvalue weighted by Crippen LogP contribution is -2.47. The quantitative estimate of drug-likeness (QED) is 0.184. The summed E-state index contributed by atoms with van der Waals surface area (Å²) >= 11 is 0. The molecule has 2 rings (SSSR count). The second-order valence-corrected chi connectivity index (χ2v) is 12.9. The van der Waals surface area contributed by atoms with Crippen molar-refractivity contribution in [2.24, 2.45) is 0 Å². The van der Waals surface area contributed by atoms with Gasteiger partial charge in [0.25, 0.3) is 25.9 Å². The minimum atomic E-state index is -4.18. The van der Waals surface area contributed by atoms with Crippen LogP contribution < -0.4 is 4.90 Å². The van der Waals surface area contributed by atoms with Crippen LogP contribution >= 0.6 is 0 Å². The number of likely N-dealkylation sites (N-methyl/N-ethyl adjacent to an activating group) is 1. The molecule has 0 atom stereocenters. The SMILES string of the molecule is CN1CCN(S(=O)(=O)c2cc([N+](=O)[O-])ccc2N(CCOS(C)(=O)=O)CCOS(C)(=O)=O)CC1. The molecular weight excluding hydrogens is 516 g/mol. The first kappa shape index (κ1) is 28.3. The molecule has 194 valence electrons. The van der Waals surface area contributed by atoms with E-state index in [-0.39, 0.29) is 50.0 Å². The van der Waals surface area contributed by atoms with Crippen LogP contribution in [0.25, 0.3) is 0 Å². The van der Waals surface area contributed by atoms with E-state index in [1.807, 2.05) is 11.9 Å². The molecule has 0 saturated carbocycles. The molecule has 1 aromatic rings. The third kappa shape index (κ3) is 8.40. The minimum Gasteiger partial charge on any atom is -0.366 e. The molecule has 0 aromatic heterocycles. The van der Waals surface area contributed by atoms with Crippen molar-refractivity contribution in [2.75, 3.05) is 76.9 Å². The summed E-state index contributed by atoms with van der Waals surface area (Å²) in [5.74, 6) is 0. The summed E-state index contributed by atoms with van der Waals surface area (Å²) in [5.41, 5.74) is -0.421. The second kappa shape index (κ2) is 11.2. The number of anilines is 1. The molecular formula is C17H28N4O10S3. The van der Waals surface area contributed by atoms with Crippen LogP contribution in [0, 0.1) is 10.1 Å². The van der Waals surface area contributed by atoms with Crippen molar-refractivity contribution in [1.82, 2.24) is 9.21 Å². The van der Waals surface area contributed by atoms with Crippen LogP contribution in [0.1, 0.15) is 0 Å². The molecule has 1 saturated heterocycles. The summed E-state index contributed by atoms with van der Waals surface area (Å²) in [4.78, 5) is 13.6. The summed E-state index contributed by atoms with van der Waals surface area (Å²) in [6, 6.07) is 3.27. The summed E-state index contributed by atoms with van der Waals surface area (Å²) in [7, 11) is -9.94. The number of non-ortho nitro benzene ring substituents is 1. The van der Waals surface area contributed by atoms with Gasteiger partial charge in [0, 0.05) is 51.4 Å². The van der Waals surface area contributed by atoms with E-state index in [9.17, 15) is 35.4 Å². The Bertz CT molecular complexity index is 1160. The lowest BCUT2D eigenvalue weighted by molar-refractivity contribution is -0.385. The molecule has 0 unspecified atom stereocenters. The summed E-state index contributed by atoms with van der Waals surface area (Å²) < 4.78 is 83.0. The highest BCUT2D eigenvalue weighted by molar-refractivity contribution is 7.89. The van der Waals surface area contributed by atoms with Crippen molar-refractivity contribution in [3.05, 3.63) is 28.3 Å². The number of nitro groups is 1. The summed E-state index contributed by atoms with van der Waals surface area (Å²) in [6.45, 7) is 0.220. The van der Waals surface area contributed by atoms with Gasteiger partial charge in [-0.25, -0.2) is 8.42 Å². The maximum Gasteiger partial charge on any atom is 0.270 e. The van der Waals surface area contributed by atoms with Crippen molar-refractivity contribution < 1.29 is 38.5 Å². The van der Waals surface area contributed by atoms with Crippen LogP contribution in [0.15, 0.2) is 23.1 Å². The normalized spacial score (nSPS) is 16.4. The van der Waals surface area contributed by atoms with Crippen LogP contribution in [0.2, 0.25) is 0 Å². The van der Waals surface area contributed by atoms with Crippen LogP contribution in [0.3, 0.4) is 0 Å². The van der Waals surface area contributed by atoms with Crippen molar-refractivity contribution in [3.63, 3.8) is 0 Å². The van der Waals surface area contributed by atoms with Gasteiger partial charge in [0.05, 0.1) is 36.3 Å². The molecule has 0 amide bonds. The van der Waals surface area contributed by atoms with Gasteiger partial charge in [-0.1, -0.05) is 0 Å². The topological polar surface area (TPSA) is 174 Å². The maximum absolute atomic E-state index is 13.5. The molecule has 1 aliphatic heterocycles. The molecule has 34 heavy (non-hydrogen) atoms. The molecule has 1 heterocycles. The molecule has 1 aliphatic rings. The number of benzene rings is 1. The van der Waals surface area contributed by atoms with Gasteiger partial charge < -0.3 is 9.80 Å². The average Bonchev–Trinajstić information content (AvgIpc) is 2.71. The van der Waals surface area contributed by atoms with Crippen LogP contribution in [-0.2, 0) is 38.6 Å². The Kier molecular flexibility index (Phi) is 9.37. The van der Waals surface area contributed by atoms with E-state index in [0.29, 0.717) is 13.1 Å². The van der Waals surface area contributed by atoms with Crippen molar-refractivity contribution in [1.29, 1.82) is 0 Å². The van der Waals surface area contributed by atoms with Gasteiger partial charge in [0.2, 0.25) is 10.0 Å². The molecule has 1 fully saturated rings. The Balaban J connectivity index is 2.48. The molecule has 17 heteroatoms. The first-order chi connectivity index (χ1) is 15.6. The standard InChI is InChI=1S/C17H28N4O10S3/c1-18-6-8-20(9-7-18)34(28,29)17-14-15(21(22)23)4-5-16(17)19(10-12-30-32(2,24)25)11-13-31-33(3,26)27/h4-5,14H,6-13H2,1-3H3. The Labute approximate surface area is 199 Å². The number of rotatable bonds is 12. The second-order valence-electron chi connectivity index (χ2n) is 7.66. The third-order valence-electron chi connectivity index (χ3n) is 4.89. The zero-order valence-corrected chi connectivity index (χ0v) is 21.4. The van der Waals surface area contributed by atoms with Crippen LogP contribution in [0.4, 0.5) is 11.4 Å². The average molecular weight is 545 g/mol. The lowest BCUT2D eigenvalue weighted by Gasteiger charge is -2.33. The third-order valence-corrected chi connectivity index (χ3v) is 8.01. The number of sulfonamides is 1. The Morgan fingerprint density at radius 3 is 1.88 bits per heavy atom. The maximum atomic E-state index is 13.5. The van der Waals surface area contributed by atoms with Gasteiger partial charge in [-0.2, -0.15) is 21.1 Å². The zero-order valence-electron chi connectivity index (χ0n) is 19.0. The number of piperazine rings is 1. The molecule has 0 bridgehead atoms. The Hall–Kier alpha value is -1.89. The summed E-state index contributed by atoms with van der Waals surface area (Å²) in [6.07, 6.45) is 1.69. The van der Waals surface area contributed by atoms with Gasteiger partial charge in [-0.15, -0.1) is 0 Å². The predicted molar refractivity (Wildman–Crippen MR) is 123 cm³/mol. The van der Waals surface area contributed by atoms with E-state index in [0.717, 1.165) is 24.6 Å². The molecule has 14 nitrogen and oxygen atoms in total. The highest BCUT2D eigenvalue weighted by Crippen LogP contribution is 2.32. The number of nitro benzene ring substituents is 1. The minimum absolute atomic E-state index is 0.0266. The lowest BCUT2D eigenvalue weighted by atomic mass is 10.2. The van der Waals surface area contributed by atoms with Crippen LogP contribution in [-0.4, -0.2) is 111 Å². The largest absolute Gasteiger partial charge is 0.366 e. The molecule has 0 aliphatic carbocycles. The number of hydrogen-bond donors (Lipinski definition) is 0. The van der Waals surface area contributed by atoms with E-state index in [4.69, 9.17) is 8.37 Å². The fourth-order valence-corrected chi connectivity index (χ4v) is 5.61. The zero-order chi connectivity index (χ0) is 25.7. The molecule has 0 spiro atoms. The van der Waals surface area contributed by atoms with E-state index in [2.05, 4.69) is 0 Å². The van der Waals surface area contributed by atoms with E-state index in [1.165, 1.54) is 15.3 Å². The van der Waals surface area contributed by atoms with E-state index >= 15 is 0 Å². The molecule has 1 aromatic carbocycles. The van der Waals surface area contributed by atoms with Gasteiger partial charge >= 0.3 is 0 Å². The fourth-order valence-electron chi connectivity index (χ4n) is 3.20. The Morgan fingerprint density at radius 1 is 0.941 bits per heavy atom.